The summed E-state index contributed by atoms with van der Waals surface area (Å²) in [6.45, 7) is 2.03. The van der Waals surface area contributed by atoms with Gasteiger partial charge < -0.3 is 9.84 Å². The number of aromatic nitrogens is 2. The van der Waals surface area contributed by atoms with Crippen LogP contribution in [0.15, 0.2) is 21.9 Å². The van der Waals surface area contributed by atoms with Gasteiger partial charge in [-0.3, -0.25) is 14.3 Å². The minimum Gasteiger partial charge on any atom is -0.395 e. The van der Waals surface area contributed by atoms with E-state index in [-0.39, 0.29) is 29.3 Å². The molecular weight excluding hydrogens is 256 g/mol. The fraction of sp³-hybridized carbons (Fsp3) is 0.636. The molecule has 0 aromatic carbocycles. The highest BCUT2D eigenvalue weighted by atomic mass is 32.2. The quantitative estimate of drug-likeness (QED) is 0.795. The largest absolute Gasteiger partial charge is 0.395 e. The van der Waals surface area contributed by atoms with Gasteiger partial charge in [-0.05, 0) is 5.92 Å². The van der Waals surface area contributed by atoms with Crippen molar-refractivity contribution in [3.63, 3.8) is 0 Å². The standard InChI is InChI=1S/C11H16N2O4S/c1-6-7(5-14)18-10(9(6)17-2)13-4-3-8(15)12-11(13)16/h3-4,6-7,9-10,14H,5H2,1-2H3,(H,12,15,16)/t6-,7-,9-,10-/m1/s1. The monoisotopic (exact) mass is 272 g/mol. The number of aliphatic hydroxyl groups is 1. The van der Waals surface area contributed by atoms with Gasteiger partial charge in [-0.1, -0.05) is 6.92 Å². The van der Waals surface area contributed by atoms with E-state index in [1.165, 1.54) is 28.6 Å². The fourth-order valence-electron chi connectivity index (χ4n) is 2.24. The van der Waals surface area contributed by atoms with Gasteiger partial charge in [-0.2, -0.15) is 0 Å². The molecule has 0 unspecified atom stereocenters. The van der Waals surface area contributed by atoms with Gasteiger partial charge in [0.25, 0.3) is 5.56 Å². The molecule has 0 amide bonds. The first kappa shape index (κ1) is 13.4. The summed E-state index contributed by atoms with van der Waals surface area (Å²) in [5.41, 5.74) is -0.868. The number of ether oxygens (including phenoxy) is 1. The number of aliphatic hydroxyl groups excluding tert-OH is 1. The van der Waals surface area contributed by atoms with Gasteiger partial charge >= 0.3 is 5.69 Å². The molecule has 0 saturated carbocycles. The molecule has 1 fully saturated rings. The number of H-pyrrole nitrogens is 1. The molecule has 1 aromatic rings. The van der Waals surface area contributed by atoms with Crippen molar-refractivity contribution in [1.82, 2.24) is 9.55 Å². The summed E-state index contributed by atoms with van der Waals surface area (Å²) < 4.78 is 6.87. The van der Waals surface area contributed by atoms with Crippen molar-refractivity contribution in [2.75, 3.05) is 13.7 Å². The van der Waals surface area contributed by atoms with E-state index in [4.69, 9.17) is 4.74 Å². The van der Waals surface area contributed by atoms with Crippen LogP contribution in [0.4, 0.5) is 0 Å². The lowest BCUT2D eigenvalue weighted by atomic mass is 10.0. The Hall–Kier alpha value is -1.05. The average molecular weight is 272 g/mol. The van der Waals surface area contributed by atoms with Crippen molar-refractivity contribution in [3.05, 3.63) is 33.1 Å². The molecule has 18 heavy (non-hydrogen) atoms. The SMILES string of the molecule is CO[C@@H]1[C@H](C)[C@@H](CO)S[C@H]1n1ccc(=O)[nH]c1=O. The van der Waals surface area contributed by atoms with Crippen LogP contribution >= 0.6 is 11.8 Å². The molecule has 1 aromatic heterocycles. The number of rotatable bonds is 3. The highest BCUT2D eigenvalue weighted by Gasteiger charge is 2.42. The smallest absolute Gasteiger partial charge is 0.329 e. The predicted octanol–water partition coefficient (Wildman–Crippen LogP) is -0.206. The molecule has 100 valence electrons. The van der Waals surface area contributed by atoms with Crippen molar-refractivity contribution in [2.24, 2.45) is 5.92 Å². The molecule has 6 nitrogen and oxygen atoms in total. The Morgan fingerprint density at radius 2 is 2.28 bits per heavy atom. The lowest BCUT2D eigenvalue weighted by molar-refractivity contribution is 0.0454. The highest BCUT2D eigenvalue weighted by molar-refractivity contribution is 8.00. The van der Waals surface area contributed by atoms with Crippen molar-refractivity contribution in [1.29, 1.82) is 0 Å². The summed E-state index contributed by atoms with van der Waals surface area (Å²) in [7, 11) is 1.59. The average Bonchev–Trinajstić information content (AvgIpc) is 2.65. The van der Waals surface area contributed by atoms with Crippen LogP contribution in [-0.2, 0) is 4.74 Å². The summed E-state index contributed by atoms with van der Waals surface area (Å²) in [5, 5.41) is 9.10. The number of methoxy groups -OCH3 is 1. The van der Waals surface area contributed by atoms with Crippen molar-refractivity contribution in [2.45, 2.75) is 23.7 Å². The minimum absolute atomic E-state index is 0.0266. The second kappa shape index (κ2) is 5.29. The van der Waals surface area contributed by atoms with E-state index in [9.17, 15) is 14.7 Å². The Morgan fingerprint density at radius 1 is 1.56 bits per heavy atom. The van der Waals surface area contributed by atoms with E-state index in [2.05, 4.69) is 4.98 Å². The molecule has 0 spiro atoms. The van der Waals surface area contributed by atoms with E-state index >= 15 is 0 Å². The number of nitrogens with one attached hydrogen (secondary N) is 1. The summed E-state index contributed by atoms with van der Waals surface area (Å²) in [4.78, 5) is 25.0. The van der Waals surface area contributed by atoms with Crippen LogP contribution in [0.5, 0.6) is 0 Å². The topological polar surface area (TPSA) is 84.3 Å². The van der Waals surface area contributed by atoms with Gasteiger partial charge in [0.2, 0.25) is 0 Å². The lowest BCUT2D eigenvalue weighted by Crippen LogP contribution is -2.35. The van der Waals surface area contributed by atoms with Gasteiger partial charge in [0.05, 0.1) is 12.7 Å². The van der Waals surface area contributed by atoms with Crippen molar-refractivity contribution >= 4 is 11.8 Å². The molecular formula is C11H16N2O4S. The maximum absolute atomic E-state index is 11.8. The summed E-state index contributed by atoms with van der Waals surface area (Å²) in [5.74, 6) is 0.133. The van der Waals surface area contributed by atoms with Gasteiger partial charge in [0, 0.05) is 24.6 Å². The molecule has 4 atom stereocenters. The van der Waals surface area contributed by atoms with Gasteiger partial charge in [-0.15, -0.1) is 11.8 Å². The van der Waals surface area contributed by atoms with Crippen LogP contribution < -0.4 is 11.2 Å². The zero-order valence-corrected chi connectivity index (χ0v) is 11.0. The molecule has 2 N–H and O–H groups in total. The summed E-state index contributed by atoms with van der Waals surface area (Å²) in [6.07, 6.45) is 1.30. The van der Waals surface area contributed by atoms with Crippen LogP contribution in [0.3, 0.4) is 0 Å². The first-order chi connectivity index (χ1) is 8.58. The van der Waals surface area contributed by atoms with Crippen LogP contribution in [0.25, 0.3) is 0 Å². The van der Waals surface area contributed by atoms with E-state index in [1.54, 1.807) is 7.11 Å². The third-order valence-electron chi connectivity index (χ3n) is 3.28. The Balaban J connectivity index is 2.38. The Kier molecular flexibility index (Phi) is 3.94. The zero-order chi connectivity index (χ0) is 13.3. The lowest BCUT2D eigenvalue weighted by Gasteiger charge is -2.21. The molecule has 1 aliphatic heterocycles. The van der Waals surface area contributed by atoms with E-state index < -0.39 is 11.2 Å². The minimum atomic E-state index is -0.451. The Labute approximate surface area is 108 Å². The van der Waals surface area contributed by atoms with Crippen LogP contribution in [-0.4, -0.2) is 39.7 Å². The molecule has 1 saturated heterocycles. The fourth-order valence-corrected chi connectivity index (χ4v) is 3.90. The maximum atomic E-state index is 11.8. The highest BCUT2D eigenvalue weighted by Crippen LogP contribution is 2.45. The third kappa shape index (κ3) is 2.25. The van der Waals surface area contributed by atoms with Crippen molar-refractivity contribution in [3.8, 4) is 0 Å². The van der Waals surface area contributed by atoms with E-state index in [0.29, 0.717) is 0 Å². The summed E-state index contributed by atoms with van der Waals surface area (Å²) in [6, 6.07) is 1.31. The van der Waals surface area contributed by atoms with Crippen molar-refractivity contribution < 1.29 is 9.84 Å². The first-order valence-electron chi connectivity index (χ1n) is 5.69. The van der Waals surface area contributed by atoms with E-state index in [1.807, 2.05) is 6.92 Å². The Morgan fingerprint density at radius 3 is 2.83 bits per heavy atom. The predicted molar refractivity (Wildman–Crippen MR) is 68.8 cm³/mol. The van der Waals surface area contributed by atoms with Gasteiger partial charge in [-0.25, -0.2) is 4.79 Å². The van der Waals surface area contributed by atoms with Gasteiger partial charge in [0.15, 0.2) is 0 Å². The molecule has 0 radical (unpaired) electrons. The van der Waals surface area contributed by atoms with E-state index in [0.717, 1.165) is 0 Å². The Bertz CT molecular complexity index is 526. The maximum Gasteiger partial charge on any atom is 0.329 e. The second-order valence-electron chi connectivity index (χ2n) is 4.32. The number of thioether (sulfide) groups is 1. The molecule has 2 heterocycles. The van der Waals surface area contributed by atoms with Gasteiger partial charge in [0.1, 0.15) is 5.37 Å². The molecule has 2 rings (SSSR count). The number of hydrogen-bond acceptors (Lipinski definition) is 5. The van der Waals surface area contributed by atoms with Crippen LogP contribution in [0.2, 0.25) is 0 Å². The molecule has 0 aliphatic carbocycles. The molecule has 7 heteroatoms. The third-order valence-corrected chi connectivity index (χ3v) is 4.98. The van der Waals surface area contributed by atoms with Crippen LogP contribution in [0.1, 0.15) is 12.3 Å². The number of aromatic amines is 1. The molecule has 1 aliphatic rings. The van der Waals surface area contributed by atoms with Crippen LogP contribution in [0, 0.1) is 5.92 Å². The normalized spacial score (nSPS) is 31.7. The molecule has 0 bridgehead atoms. The number of hydrogen-bond donors (Lipinski definition) is 2. The summed E-state index contributed by atoms with van der Waals surface area (Å²) >= 11 is 1.49. The number of nitrogens with zero attached hydrogens (tertiary/aromatic N) is 1. The second-order valence-corrected chi connectivity index (χ2v) is 5.69. The first-order valence-corrected chi connectivity index (χ1v) is 6.63. The zero-order valence-electron chi connectivity index (χ0n) is 10.2.